The van der Waals surface area contributed by atoms with Gasteiger partial charge in [-0.15, -0.1) is 24.0 Å². The van der Waals surface area contributed by atoms with E-state index in [9.17, 15) is 0 Å². The molecule has 2 N–H and O–H groups in total. The third kappa shape index (κ3) is 7.06. The number of rotatable bonds is 9. The Balaban J connectivity index is 0.00000625. The quantitative estimate of drug-likeness (QED) is 0.326. The van der Waals surface area contributed by atoms with Gasteiger partial charge in [-0.1, -0.05) is 26.7 Å². The topological polar surface area (TPSA) is 57.5 Å². The molecule has 1 aromatic heterocycles. The first-order valence-electron chi connectivity index (χ1n) is 9.53. The van der Waals surface area contributed by atoms with Crippen molar-refractivity contribution < 1.29 is 0 Å². The molecule has 0 spiro atoms. The molecule has 0 saturated heterocycles. The zero-order chi connectivity index (χ0) is 19.0. The van der Waals surface area contributed by atoms with Crippen molar-refractivity contribution in [1.29, 1.82) is 0 Å². The minimum atomic E-state index is 0. The molecule has 6 nitrogen and oxygen atoms in total. The number of aliphatic imine (C=N–C) groups is 1. The van der Waals surface area contributed by atoms with Gasteiger partial charge in [0.05, 0.1) is 12.2 Å². The van der Waals surface area contributed by atoms with Gasteiger partial charge in [0.1, 0.15) is 0 Å². The summed E-state index contributed by atoms with van der Waals surface area (Å²) in [5, 5.41) is 11.4. The molecule has 1 heterocycles. The van der Waals surface area contributed by atoms with Gasteiger partial charge >= 0.3 is 0 Å². The van der Waals surface area contributed by atoms with E-state index in [1.54, 1.807) is 0 Å². The van der Waals surface area contributed by atoms with Crippen molar-refractivity contribution in [2.75, 3.05) is 27.2 Å². The zero-order valence-electron chi connectivity index (χ0n) is 17.9. The molecule has 26 heavy (non-hydrogen) atoms. The van der Waals surface area contributed by atoms with Crippen LogP contribution in [0.25, 0.3) is 0 Å². The van der Waals surface area contributed by atoms with Crippen LogP contribution < -0.4 is 10.6 Å². The van der Waals surface area contributed by atoms with Gasteiger partial charge in [-0.05, 0) is 40.8 Å². The third-order valence-electron chi connectivity index (χ3n) is 5.13. The van der Waals surface area contributed by atoms with Crippen LogP contribution in [0.3, 0.4) is 0 Å². The second kappa shape index (κ2) is 12.5. The molecule has 0 aliphatic heterocycles. The van der Waals surface area contributed by atoms with Crippen LogP contribution in [0.5, 0.6) is 0 Å². The van der Waals surface area contributed by atoms with Crippen LogP contribution in [-0.4, -0.2) is 53.9 Å². The van der Waals surface area contributed by atoms with Crippen LogP contribution in [0, 0.1) is 19.8 Å². The molecule has 0 amide bonds. The van der Waals surface area contributed by atoms with E-state index >= 15 is 0 Å². The number of hydrogen-bond acceptors (Lipinski definition) is 3. The van der Waals surface area contributed by atoms with E-state index in [4.69, 9.17) is 4.99 Å². The Labute approximate surface area is 177 Å². The highest BCUT2D eigenvalue weighted by Crippen LogP contribution is 2.16. The van der Waals surface area contributed by atoms with Crippen LogP contribution in [0.1, 0.15) is 50.6 Å². The van der Waals surface area contributed by atoms with E-state index in [1.807, 2.05) is 18.7 Å². The number of aryl methyl sites for hydroxylation is 2. The lowest BCUT2D eigenvalue weighted by atomic mass is 9.93. The molecule has 0 aromatic carbocycles. The van der Waals surface area contributed by atoms with Gasteiger partial charge in [-0.2, -0.15) is 5.10 Å². The second-order valence-electron chi connectivity index (χ2n) is 6.96. The smallest absolute Gasteiger partial charge is 0.191 e. The average Bonchev–Trinajstić information content (AvgIpc) is 2.81. The number of hydrogen-bond donors (Lipinski definition) is 2. The monoisotopic (exact) mass is 478 g/mol. The van der Waals surface area contributed by atoms with Crippen molar-refractivity contribution in [3.63, 3.8) is 0 Å². The van der Waals surface area contributed by atoms with Gasteiger partial charge in [0.2, 0.25) is 0 Å². The Morgan fingerprint density at radius 2 is 1.77 bits per heavy atom. The standard InChI is InChI=1S/C19H38N6.HI/c1-9-16(10-2)18(24(6)7)13-22-19(20-11-3)21-12-17-14(4)23-25(8)15(17)5;/h16,18H,9-13H2,1-8H3,(H2,20,21,22);1H. The van der Waals surface area contributed by atoms with Gasteiger partial charge in [0.25, 0.3) is 0 Å². The first kappa shape index (κ1) is 25.2. The molecular weight excluding hydrogens is 439 g/mol. The van der Waals surface area contributed by atoms with E-state index in [1.165, 1.54) is 24.1 Å². The molecule has 1 aromatic rings. The molecule has 7 heteroatoms. The Morgan fingerprint density at radius 3 is 2.19 bits per heavy atom. The summed E-state index contributed by atoms with van der Waals surface area (Å²) in [5.41, 5.74) is 3.45. The normalized spacial score (nSPS) is 13.1. The minimum Gasteiger partial charge on any atom is -0.357 e. The second-order valence-corrected chi connectivity index (χ2v) is 6.96. The van der Waals surface area contributed by atoms with Crippen molar-refractivity contribution in [2.45, 2.75) is 60.0 Å². The lowest BCUT2D eigenvalue weighted by molar-refractivity contribution is 0.200. The van der Waals surface area contributed by atoms with E-state index < -0.39 is 0 Å². The number of guanidine groups is 1. The lowest BCUT2D eigenvalue weighted by Crippen LogP contribution is -2.48. The first-order valence-corrected chi connectivity index (χ1v) is 9.53. The predicted octanol–water partition coefficient (Wildman–Crippen LogP) is 3.08. The Kier molecular flexibility index (Phi) is 12.1. The largest absolute Gasteiger partial charge is 0.357 e. The summed E-state index contributed by atoms with van der Waals surface area (Å²) in [6.45, 7) is 13.2. The number of likely N-dealkylation sites (N-methyl/N-ethyl adjacent to an activating group) is 1. The maximum atomic E-state index is 4.78. The van der Waals surface area contributed by atoms with Crippen LogP contribution >= 0.6 is 24.0 Å². The predicted molar refractivity (Wildman–Crippen MR) is 122 cm³/mol. The molecule has 1 rings (SSSR count). The van der Waals surface area contributed by atoms with Crippen LogP contribution in [-0.2, 0) is 13.6 Å². The summed E-state index contributed by atoms with van der Waals surface area (Å²) in [4.78, 5) is 7.11. The SMILES string of the molecule is CCNC(=NCc1c(C)nn(C)c1C)NCC(C(CC)CC)N(C)C.I. The van der Waals surface area contributed by atoms with Gasteiger partial charge < -0.3 is 15.5 Å². The van der Waals surface area contributed by atoms with E-state index in [-0.39, 0.29) is 24.0 Å². The molecule has 0 fully saturated rings. The van der Waals surface area contributed by atoms with E-state index in [0.29, 0.717) is 18.5 Å². The highest BCUT2D eigenvalue weighted by molar-refractivity contribution is 14.0. The Hall–Kier alpha value is -0.830. The number of nitrogens with one attached hydrogen (secondary N) is 2. The summed E-state index contributed by atoms with van der Waals surface area (Å²) in [6, 6.07) is 0.501. The summed E-state index contributed by atoms with van der Waals surface area (Å²) in [6.07, 6.45) is 2.39. The fourth-order valence-electron chi connectivity index (χ4n) is 3.35. The van der Waals surface area contributed by atoms with E-state index in [2.05, 4.69) is 62.4 Å². The van der Waals surface area contributed by atoms with Crippen molar-refractivity contribution in [3.8, 4) is 0 Å². The molecule has 1 unspecified atom stereocenters. The zero-order valence-corrected chi connectivity index (χ0v) is 20.2. The molecule has 0 radical (unpaired) electrons. The highest BCUT2D eigenvalue weighted by Gasteiger charge is 2.20. The minimum absolute atomic E-state index is 0. The van der Waals surface area contributed by atoms with Crippen molar-refractivity contribution in [1.82, 2.24) is 25.3 Å². The third-order valence-corrected chi connectivity index (χ3v) is 5.13. The van der Waals surface area contributed by atoms with Gasteiger partial charge in [0, 0.05) is 37.4 Å². The highest BCUT2D eigenvalue weighted by atomic mass is 127. The van der Waals surface area contributed by atoms with Crippen molar-refractivity contribution in [2.24, 2.45) is 18.0 Å². The van der Waals surface area contributed by atoms with Gasteiger partial charge in [-0.3, -0.25) is 4.68 Å². The van der Waals surface area contributed by atoms with E-state index in [0.717, 1.165) is 24.7 Å². The number of nitrogens with zero attached hydrogens (tertiary/aromatic N) is 4. The summed E-state index contributed by atoms with van der Waals surface area (Å²) in [7, 11) is 6.31. The van der Waals surface area contributed by atoms with Crippen LogP contribution in [0.4, 0.5) is 0 Å². The van der Waals surface area contributed by atoms with Crippen molar-refractivity contribution in [3.05, 3.63) is 17.0 Å². The first-order chi connectivity index (χ1) is 11.8. The maximum Gasteiger partial charge on any atom is 0.191 e. The molecule has 0 saturated carbocycles. The Morgan fingerprint density at radius 1 is 1.15 bits per heavy atom. The van der Waals surface area contributed by atoms with Crippen LogP contribution in [0.15, 0.2) is 4.99 Å². The maximum absolute atomic E-state index is 4.78. The van der Waals surface area contributed by atoms with Gasteiger partial charge in [0.15, 0.2) is 5.96 Å². The van der Waals surface area contributed by atoms with Crippen LogP contribution in [0.2, 0.25) is 0 Å². The molecular formula is C19H39IN6. The van der Waals surface area contributed by atoms with Gasteiger partial charge in [-0.25, -0.2) is 4.99 Å². The molecule has 1 atom stereocenters. The fraction of sp³-hybridized carbons (Fsp3) is 0.789. The molecule has 0 aliphatic rings. The molecule has 0 bridgehead atoms. The summed E-state index contributed by atoms with van der Waals surface area (Å²) in [5.74, 6) is 1.57. The number of aromatic nitrogens is 2. The molecule has 0 aliphatic carbocycles. The summed E-state index contributed by atoms with van der Waals surface area (Å²) < 4.78 is 1.93. The molecule has 152 valence electrons. The van der Waals surface area contributed by atoms with Crippen molar-refractivity contribution >= 4 is 29.9 Å². The lowest BCUT2D eigenvalue weighted by Gasteiger charge is -2.32. The fourth-order valence-corrected chi connectivity index (χ4v) is 3.35. The Bertz CT molecular complexity index is 548. The average molecular weight is 478 g/mol. The number of halogens is 1. The summed E-state index contributed by atoms with van der Waals surface area (Å²) >= 11 is 0.